The van der Waals surface area contributed by atoms with E-state index < -0.39 is 23.5 Å². The summed E-state index contributed by atoms with van der Waals surface area (Å²) in [7, 11) is 3.91. The fraction of sp³-hybridized carbons (Fsp3) is 0.241. The summed E-state index contributed by atoms with van der Waals surface area (Å²) in [5, 5.41) is 23.5. The maximum Gasteiger partial charge on any atom is 0.295 e. The van der Waals surface area contributed by atoms with Gasteiger partial charge in [-0.25, -0.2) is 0 Å². The number of likely N-dealkylation sites (N-methyl/N-ethyl adjacent to an activating group) is 1. The number of rotatable bonds is 8. The number of carbonyl (C=O) groups excluding carboxylic acids is 2. The number of ketones is 1. The molecule has 1 amide bonds. The monoisotopic (exact) mass is 486 g/mol. The molecule has 1 fully saturated rings. The van der Waals surface area contributed by atoms with Crippen LogP contribution in [0.15, 0.2) is 78.4 Å². The molecule has 1 heterocycles. The van der Waals surface area contributed by atoms with Crippen molar-refractivity contribution in [2.75, 3.05) is 27.2 Å². The molecule has 1 aliphatic heterocycles. The average molecular weight is 487 g/mol. The molecule has 7 heteroatoms. The average Bonchev–Trinajstić information content (AvgIpc) is 3.12. The van der Waals surface area contributed by atoms with Gasteiger partial charge in [0.25, 0.3) is 5.91 Å². The first kappa shape index (κ1) is 25.0. The summed E-state index contributed by atoms with van der Waals surface area (Å²) in [6, 6.07) is 20.3. The minimum atomic E-state index is -0.814. The molecule has 0 aromatic heterocycles. The van der Waals surface area contributed by atoms with Crippen LogP contribution in [0.5, 0.6) is 11.5 Å². The molecule has 0 bridgehead atoms. The summed E-state index contributed by atoms with van der Waals surface area (Å²) in [4.78, 5) is 28.7. The van der Waals surface area contributed by atoms with E-state index in [-0.39, 0.29) is 11.3 Å². The number of quaternary nitrogens is 1. The molecule has 1 saturated heterocycles. The lowest BCUT2D eigenvalue weighted by Crippen LogP contribution is -3.06. The summed E-state index contributed by atoms with van der Waals surface area (Å²) >= 11 is 0. The van der Waals surface area contributed by atoms with Gasteiger partial charge < -0.3 is 24.7 Å². The number of phenols is 1. The van der Waals surface area contributed by atoms with Crippen molar-refractivity contribution in [3.8, 4) is 11.5 Å². The molecule has 1 unspecified atom stereocenters. The summed E-state index contributed by atoms with van der Waals surface area (Å²) in [6.07, 6.45) is 0. The van der Waals surface area contributed by atoms with Gasteiger partial charge in [-0.05, 0) is 53.4 Å². The van der Waals surface area contributed by atoms with Crippen LogP contribution in [0.4, 0.5) is 0 Å². The van der Waals surface area contributed by atoms with E-state index in [1.54, 1.807) is 37.3 Å². The second-order valence-corrected chi connectivity index (χ2v) is 9.27. The van der Waals surface area contributed by atoms with Crippen LogP contribution in [0.2, 0.25) is 0 Å². The van der Waals surface area contributed by atoms with E-state index in [0.29, 0.717) is 42.1 Å². The predicted molar refractivity (Wildman–Crippen MR) is 134 cm³/mol. The van der Waals surface area contributed by atoms with Crippen molar-refractivity contribution in [2.45, 2.75) is 19.6 Å². The SMILES string of the molecule is Cc1cc(OCc2ccccc2)ccc1C([O-])=C1C(=O)C(=O)N(CC[NH+](C)C)C1c1ccc(O)cc1. The Hall–Kier alpha value is -4.10. The largest absolute Gasteiger partial charge is 0.872 e. The maximum atomic E-state index is 13.7. The van der Waals surface area contributed by atoms with Gasteiger partial charge in [0.2, 0.25) is 5.78 Å². The Morgan fingerprint density at radius 2 is 1.72 bits per heavy atom. The van der Waals surface area contributed by atoms with Crippen LogP contribution in [-0.4, -0.2) is 48.9 Å². The van der Waals surface area contributed by atoms with Crippen molar-refractivity contribution >= 4 is 17.4 Å². The number of nitrogens with one attached hydrogen (secondary N) is 1. The lowest BCUT2D eigenvalue weighted by atomic mass is 9.94. The number of phenolic OH excluding ortho intramolecular Hbond substituents is 1. The standard InChI is InChI=1S/C29H30N2O5/c1-19-17-23(36-18-20-7-5-4-6-8-20)13-14-24(19)27(33)25-26(21-9-11-22(32)12-10-21)31(16-15-30(2)3)29(35)28(25)34/h4-14,17,26,32-33H,15-16,18H2,1-3H3. The first-order valence-electron chi connectivity index (χ1n) is 11.9. The maximum absolute atomic E-state index is 13.7. The van der Waals surface area contributed by atoms with E-state index in [9.17, 15) is 19.8 Å². The third-order valence-corrected chi connectivity index (χ3v) is 6.28. The van der Waals surface area contributed by atoms with Crippen molar-refractivity contribution < 1.29 is 29.4 Å². The van der Waals surface area contributed by atoms with Gasteiger partial charge in [0, 0.05) is 5.57 Å². The number of hydrogen-bond acceptors (Lipinski definition) is 5. The minimum Gasteiger partial charge on any atom is -0.872 e. The smallest absolute Gasteiger partial charge is 0.295 e. The lowest BCUT2D eigenvalue weighted by molar-refractivity contribution is -0.857. The molecular weight excluding hydrogens is 456 g/mol. The van der Waals surface area contributed by atoms with E-state index in [0.717, 1.165) is 10.5 Å². The quantitative estimate of drug-likeness (QED) is 0.287. The van der Waals surface area contributed by atoms with Gasteiger partial charge in [0.15, 0.2) is 0 Å². The Morgan fingerprint density at radius 3 is 2.36 bits per heavy atom. The van der Waals surface area contributed by atoms with Gasteiger partial charge in [0.1, 0.15) is 18.1 Å². The number of amides is 1. The molecule has 0 aliphatic carbocycles. The minimum absolute atomic E-state index is 0.0634. The topological polar surface area (TPSA) is 94.3 Å². The second-order valence-electron chi connectivity index (χ2n) is 9.27. The number of hydrogen-bond donors (Lipinski definition) is 2. The Balaban J connectivity index is 1.70. The molecular formula is C29H30N2O5. The lowest BCUT2D eigenvalue weighted by Gasteiger charge is -2.28. The van der Waals surface area contributed by atoms with Crippen molar-refractivity contribution in [1.29, 1.82) is 0 Å². The van der Waals surface area contributed by atoms with Gasteiger partial charge in [-0.2, -0.15) is 0 Å². The number of Topliss-reactive ketones (excluding diaryl/α,β-unsaturated/α-hetero) is 1. The van der Waals surface area contributed by atoms with E-state index >= 15 is 0 Å². The van der Waals surface area contributed by atoms with Crippen LogP contribution in [0, 0.1) is 6.92 Å². The van der Waals surface area contributed by atoms with Gasteiger partial charge in [0.05, 0.1) is 33.2 Å². The Kier molecular flexibility index (Phi) is 7.41. The van der Waals surface area contributed by atoms with Gasteiger partial charge in [-0.15, -0.1) is 0 Å². The fourth-order valence-corrected chi connectivity index (χ4v) is 4.31. The Labute approximate surface area is 210 Å². The first-order valence-corrected chi connectivity index (χ1v) is 11.9. The predicted octanol–water partition coefficient (Wildman–Crippen LogP) is 1.65. The molecule has 36 heavy (non-hydrogen) atoms. The number of likely N-dealkylation sites (tertiary alicyclic amines) is 1. The molecule has 1 aliphatic rings. The van der Waals surface area contributed by atoms with Crippen LogP contribution in [0.1, 0.15) is 28.3 Å². The highest BCUT2D eigenvalue weighted by Gasteiger charge is 2.44. The molecule has 4 rings (SSSR count). The Morgan fingerprint density at radius 1 is 1.03 bits per heavy atom. The van der Waals surface area contributed by atoms with Crippen LogP contribution < -0.4 is 14.7 Å². The van der Waals surface area contributed by atoms with Gasteiger partial charge in [-0.3, -0.25) is 9.59 Å². The molecule has 3 aromatic rings. The van der Waals surface area contributed by atoms with Crippen LogP contribution in [0.3, 0.4) is 0 Å². The van der Waals surface area contributed by atoms with Crippen molar-refractivity contribution in [3.05, 3.63) is 101 Å². The van der Waals surface area contributed by atoms with Crippen LogP contribution in [-0.2, 0) is 16.2 Å². The first-order chi connectivity index (χ1) is 17.3. The molecule has 186 valence electrons. The van der Waals surface area contributed by atoms with Crippen molar-refractivity contribution in [3.63, 3.8) is 0 Å². The molecule has 3 aromatic carbocycles. The number of benzene rings is 3. The zero-order chi connectivity index (χ0) is 25.8. The highest BCUT2D eigenvalue weighted by molar-refractivity contribution is 6.46. The van der Waals surface area contributed by atoms with E-state index in [1.807, 2.05) is 44.4 Å². The summed E-state index contributed by atoms with van der Waals surface area (Å²) in [5.41, 5.74) is 2.56. The summed E-state index contributed by atoms with van der Waals surface area (Å²) in [5.74, 6) is -1.27. The van der Waals surface area contributed by atoms with Crippen LogP contribution in [0.25, 0.3) is 5.76 Å². The molecule has 2 N–H and O–H groups in total. The second kappa shape index (κ2) is 10.7. The zero-order valence-electron chi connectivity index (χ0n) is 20.7. The van der Waals surface area contributed by atoms with E-state index in [4.69, 9.17) is 4.74 Å². The van der Waals surface area contributed by atoms with Crippen molar-refractivity contribution in [1.82, 2.24) is 4.90 Å². The normalized spacial score (nSPS) is 17.1. The summed E-state index contributed by atoms with van der Waals surface area (Å²) in [6.45, 7) is 3.11. The fourth-order valence-electron chi connectivity index (χ4n) is 4.31. The highest BCUT2D eigenvalue weighted by atomic mass is 16.5. The molecule has 0 saturated carbocycles. The number of carbonyl (C=O) groups is 2. The third-order valence-electron chi connectivity index (χ3n) is 6.28. The van der Waals surface area contributed by atoms with E-state index in [1.165, 1.54) is 17.0 Å². The number of ether oxygens (including phenoxy) is 1. The molecule has 1 atom stereocenters. The van der Waals surface area contributed by atoms with E-state index in [2.05, 4.69) is 0 Å². The molecule has 0 radical (unpaired) electrons. The number of nitrogens with zero attached hydrogens (tertiary/aromatic N) is 1. The molecule has 7 nitrogen and oxygen atoms in total. The summed E-state index contributed by atoms with van der Waals surface area (Å²) < 4.78 is 5.87. The van der Waals surface area contributed by atoms with Gasteiger partial charge >= 0.3 is 0 Å². The van der Waals surface area contributed by atoms with Crippen molar-refractivity contribution in [2.24, 2.45) is 0 Å². The highest BCUT2D eigenvalue weighted by Crippen LogP contribution is 2.39. The molecule has 0 spiro atoms. The third kappa shape index (κ3) is 5.26. The number of aryl methyl sites for hydroxylation is 1. The van der Waals surface area contributed by atoms with Gasteiger partial charge in [-0.1, -0.05) is 54.3 Å². The zero-order valence-corrected chi connectivity index (χ0v) is 20.7. The Bertz CT molecular complexity index is 1280. The van der Waals surface area contributed by atoms with Crippen LogP contribution >= 0.6 is 0 Å². The number of aromatic hydroxyl groups is 1.